The van der Waals surface area contributed by atoms with Crippen LogP contribution in [0.2, 0.25) is 0 Å². The van der Waals surface area contributed by atoms with Crippen molar-refractivity contribution in [1.82, 2.24) is 0 Å². The summed E-state index contributed by atoms with van der Waals surface area (Å²) < 4.78 is 13.9. The van der Waals surface area contributed by atoms with Gasteiger partial charge in [0.05, 0.1) is 5.69 Å². The van der Waals surface area contributed by atoms with Gasteiger partial charge in [-0.05, 0) is 49.1 Å². The lowest BCUT2D eigenvalue weighted by Gasteiger charge is -2.17. The summed E-state index contributed by atoms with van der Waals surface area (Å²) in [6.07, 6.45) is 1.41. The van der Waals surface area contributed by atoms with E-state index in [0.29, 0.717) is 12.1 Å². The molecule has 0 aromatic heterocycles. The van der Waals surface area contributed by atoms with E-state index in [2.05, 4.69) is 10.6 Å². The SMILES string of the molecule is Cc1ccc(NC2CCc3ccccc3NC2=O)c(F)c1. The van der Waals surface area contributed by atoms with Crippen LogP contribution in [-0.2, 0) is 11.2 Å². The first kappa shape index (κ1) is 13.6. The number of amides is 1. The van der Waals surface area contributed by atoms with Gasteiger partial charge in [-0.3, -0.25) is 4.79 Å². The van der Waals surface area contributed by atoms with Gasteiger partial charge >= 0.3 is 0 Å². The molecule has 1 heterocycles. The van der Waals surface area contributed by atoms with Gasteiger partial charge in [0.25, 0.3) is 0 Å². The Hall–Kier alpha value is -2.36. The van der Waals surface area contributed by atoms with E-state index in [1.807, 2.05) is 37.3 Å². The first-order valence-electron chi connectivity index (χ1n) is 7.05. The van der Waals surface area contributed by atoms with Crippen molar-refractivity contribution in [2.75, 3.05) is 10.6 Å². The van der Waals surface area contributed by atoms with Gasteiger partial charge in [-0.15, -0.1) is 0 Å². The fourth-order valence-electron chi connectivity index (χ4n) is 2.57. The molecule has 0 spiro atoms. The van der Waals surface area contributed by atoms with Gasteiger partial charge in [0.1, 0.15) is 11.9 Å². The Labute approximate surface area is 123 Å². The summed E-state index contributed by atoms with van der Waals surface area (Å²) in [5, 5.41) is 5.91. The van der Waals surface area contributed by atoms with E-state index in [0.717, 1.165) is 23.2 Å². The topological polar surface area (TPSA) is 41.1 Å². The quantitative estimate of drug-likeness (QED) is 0.886. The van der Waals surface area contributed by atoms with Gasteiger partial charge in [0, 0.05) is 5.69 Å². The van der Waals surface area contributed by atoms with Gasteiger partial charge in [-0.2, -0.15) is 0 Å². The number of anilines is 2. The van der Waals surface area contributed by atoms with Crippen molar-refractivity contribution in [2.45, 2.75) is 25.8 Å². The predicted octanol–water partition coefficient (Wildman–Crippen LogP) is 3.50. The number of nitrogens with one attached hydrogen (secondary N) is 2. The average Bonchev–Trinajstić information content (AvgIpc) is 2.61. The van der Waals surface area contributed by atoms with Crippen LogP contribution in [0.3, 0.4) is 0 Å². The number of hydrogen-bond acceptors (Lipinski definition) is 2. The lowest BCUT2D eigenvalue weighted by Crippen LogP contribution is -2.33. The Morgan fingerprint density at radius 1 is 1.24 bits per heavy atom. The Morgan fingerprint density at radius 3 is 2.86 bits per heavy atom. The fourth-order valence-corrected chi connectivity index (χ4v) is 2.57. The highest BCUT2D eigenvalue weighted by atomic mass is 19.1. The molecule has 0 bridgehead atoms. The standard InChI is InChI=1S/C17H17FN2O/c1-11-6-8-15(13(18)10-11)19-16-9-7-12-4-2-3-5-14(12)20-17(16)21/h2-6,8,10,16,19H,7,9H2,1H3,(H,20,21). The van der Waals surface area contributed by atoms with Crippen LogP contribution in [0.4, 0.5) is 15.8 Å². The molecule has 0 saturated carbocycles. The number of aryl methyl sites for hydroxylation is 2. The van der Waals surface area contributed by atoms with Crippen LogP contribution in [0.1, 0.15) is 17.5 Å². The molecule has 1 aliphatic heterocycles. The summed E-state index contributed by atoms with van der Waals surface area (Å²) in [6.45, 7) is 1.84. The molecule has 2 N–H and O–H groups in total. The number of para-hydroxylation sites is 1. The number of halogens is 1. The van der Waals surface area contributed by atoms with E-state index in [9.17, 15) is 9.18 Å². The van der Waals surface area contributed by atoms with Gasteiger partial charge in [-0.25, -0.2) is 4.39 Å². The normalized spacial score (nSPS) is 17.6. The molecule has 0 fully saturated rings. The Morgan fingerprint density at radius 2 is 2.05 bits per heavy atom. The Balaban J connectivity index is 1.80. The minimum absolute atomic E-state index is 0.125. The molecule has 4 heteroatoms. The molecule has 108 valence electrons. The largest absolute Gasteiger partial charge is 0.371 e. The summed E-state index contributed by atoms with van der Waals surface area (Å²) in [5.41, 5.74) is 3.18. The van der Waals surface area contributed by atoms with Crippen LogP contribution in [0.15, 0.2) is 42.5 Å². The molecule has 2 aromatic carbocycles. The molecule has 21 heavy (non-hydrogen) atoms. The zero-order valence-corrected chi connectivity index (χ0v) is 11.8. The van der Waals surface area contributed by atoms with Crippen molar-refractivity contribution in [3.63, 3.8) is 0 Å². The summed E-state index contributed by atoms with van der Waals surface area (Å²) in [6, 6.07) is 12.3. The summed E-state index contributed by atoms with van der Waals surface area (Å²) >= 11 is 0. The first-order valence-corrected chi connectivity index (χ1v) is 7.05. The molecule has 3 rings (SSSR count). The number of rotatable bonds is 2. The maximum Gasteiger partial charge on any atom is 0.246 e. The molecule has 2 aromatic rings. The van der Waals surface area contributed by atoms with Crippen LogP contribution in [0.25, 0.3) is 0 Å². The van der Waals surface area contributed by atoms with E-state index < -0.39 is 6.04 Å². The van der Waals surface area contributed by atoms with Crippen LogP contribution in [0.5, 0.6) is 0 Å². The van der Waals surface area contributed by atoms with E-state index in [-0.39, 0.29) is 11.7 Å². The van der Waals surface area contributed by atoms with Crippen LogP contribution < -0.4 is 10.6 Å². The maximum absolute atomic E-state index is 13.9. The Bertz CT molecular complexity index is 684. The minimum atomic E-state index is -0.436. The van der Waals surface area contributed by atoms with Crippen molar-refractivity contribution in [1.29, 1.82) is 0 Å². The lowest BCUT2D eigenvalue weighted by molar-refractivity contribution is -0.116. The smallest absolute Gasteiger partial charge is 0.246 e. The minimum Gasteiger partial charge on any atom is -0.371 e. The van der Waals surface area contributed by atoms with Crippen molar-refractivity contribution >= 4 is 17.3 Å². The van der Waals surface area contributed by atoms with Crippen molar-refractivity contribution in [2.24, 2.45) is 0 Å². The number of carbonyl (C=O) groups is 1. The molecule has 0 saturated heterocycles. The molecular weight excluding hydrogens is 267 g/mol. The number of carbonyl (C=O) groups excluding carboxylic acids is 1. The van der Waals surface area contributed by atoms with Gasteiger partial charge in [-0.1, -0.05) is 24.3 Å². The van der Waals surface area contributed by atoms with Crippen LogP contribution in [-0.4, -0.2) is 11.9 Å². The third-order valence-electron chi connectivity index (χ3n) is 3.75. The highest BCUT2D eigenvalue weighted by Gasteiger charge is 2.23. The molecule has 1 atom stereocenters. The zero-order valence-electron chi connectivity index (χ0n) is 11.8. The summed E-state index contributed by atoms with van der Waals surface area (Å²) in [4.78, 5) is 12.3. The average molecular weight is 284 g/mol. The lowest BCUT2D eigenvalue weighted by atomic mass is 10.1. The number of fused-ring (bicyclic) bond motifs is 1. The Kier molecular flexibility index (Phi) is 3.60. The van der Waals surface area contributed by atoms with E-state index in [4.69, 9.17) is 0 Å². The number of benzene rings is 2. The van der Waals surface area contributed by atoms with Gasteiger partial charge in [0.15, 0.2) is 0 Å². The number of hydrogen-bond donors (Lipinski definition) is 2. The molecule has 3 nitrogen and oxygen atoms in total. The first-order chi connectivity index (χ1) is 10.1. The second kappa shape index (κ2) is 5.56. The van der Waals surface area contributed by atoms with E-state index >= 15 is 0 Å². The highest BCUT2D eigenvalue weighted by Crippen LogP contribution is 2.24. The molecule has 1 unspecified atom stereocenters. The molecule has 1 aliphatic rings. The zero-order chi connectivity index (χ0) is 14.8. The molecular formula is C17H17FN2O. The summed E-state index contributed by atoms with van der Waals surface area (Å²) in [7, 11) is 0. The summed E-state index contributed by atoms with van der Waals surface area (Å²) in [5.74, 6) is -0.454. The highest BCUT2D eigenvalue weighted by molar-refractivity contribution is 5.97. The second-order valence-electron chi connectivity index (χ2n) is 5.37. The predicted molar refractivity (Wildman–Crippen MR) is 81.9 cm³/mol. The molecule has 1 amide bonds. The van der Waals surface area contributed by atoms with Crippen molar-refractivity contribution < 1.29 is 9.18 Å². The van der Waals surface area contributed by atoms with Gasteiger partial charge in [0.2, 0.25) is 5.91 Å². The van der Waals surface area contributed by atoms with Crippen LogP contribution >= 0.6 is 0 Å². The monoisotopic (exact) mass is 284 g/mol. The van der Waals surface area contributed by atoms with Crippen molar-refractivity contribution in [3.05, 3.63) is 59.4 Å². The third kappa shape index (κ3) is 2.89. The third-order valence-corrected chi connectivity index (χ3v) is 3.75. The second-order valence-corrected chi connectivity index (χ2v) is 5.37. The molecule has 0 radical (unpaired) electrons. The molecule has 0 aliphatic carbocycles. The van der Waals surface area contributed by atoms with Crippen molar-refractivity contribution in [3.8, 4) is 0 Å². The van der Waals surface area contributed by atoms with Crippen LogP contribution in [0, 0.1) is 12.7 Å². The van der Waals surface area contributed by atoms with E-state index in [1.165, 1.54) is 6.07 Å². The van der Waals surface area contributed by atoms with Gasteiger partial charge < -0.3 is 10.6 Å². The fraction of sp³-hybridized carbons (Fsp3) is 0.235. The van der Waals surface area contributed by atoms with E-state index in [1.54, 1.807) is 6.07 Å². The maximum atomic E-state index is 13.9.